The van der Waals surface area contributed by atoms with Gasteiger partial charge < -0.3 is 5.73 Å². The van der Waals surface area contributed by atoms with Crippen LogP contribution in [0.5, 0.6) is 0 Å². The van der Waals surface area contributed by atoms with Crippen molar-refractivity contribution in [2.75, 3.05) is 19.6 Å². The zero-order valence-electron chi connectivity index (χ0n) is 13.3. The Kier molecular flexibility index (Phi) is 5.30. The fourth-order valence-corrected chi connectivity index (χ4v) is 4.78. The molecule has 1 saturated heterocycles. The van der Waals surface area contributed by atoms with Gasteiger partial charge in [0.2, 0.25) is 0 Å². The highest BCUT2D eigenvalue weighted by molar-refractivity contribution is 5.02. The molecule has 2 heteroatoms. The van der Waals surface area contributed by atoms with Gasteiger partial charge in [-0.3, -0.25) is 4.90 Å². The Bertz CT molecular complexity index is 276. The summed E-state index contributed by atoms with van der Waals surface area (Å²) in [5, 5.41) is 0. The van der Waals surface area contributed by atoms with Crippen molar-refractivity contribution in [2.24, 2.45) is 23.5 Å². The highest BCUT2D eigenvalue weighted by atomic mass is 15.2. The second-order valence-electron chi connectivity index (χ2n) is 7.27. The lowest BCUT2D eigenvalue weighted by molar-refractivity contribution is -0.0373. The van der Waals surface area contributed by atoms with Gasteiger partial charge in [0.05, 0.1) is 0 Å². The zero-order valence-corrected chi connectivity index (χ0v) is 13.3. The number of nitrogens with two attached hydrogens (primary N) is 1. The summed E-state index contributed by atoms with van der Waals surface area (Å²) in [5.41, 5.74) is 6.66. The van der Waals surface area contributed by atoms with Gasteiger partial charge in [-0.05, 0) is 50.0 Å². The first-order valence-corrected chi connectivity index (χ1v) is 8.59. The summed E-state index contributed by atoms with van der Waals surface area (Å²) in [6.07, 6.45) is 9.67. The van der Waals surface area contributed by atoms with E-state index in [1.165, 1.54) is 58.0 Å². The summed E-state index contributed by atoms with van der Waals surface area (Å²) in [4.78, 5) is 2.81. The molecule has 3 atom stereocenters. The summed E-state index contributed by atoms with van der Waals surface area (Å²) in [7, 11) is 0. The third kappa shape index (κ3) is 3.00. The van der Waals surface area contributed by atoms with Crippen molar-refractivity contribution in [1.29, 1.82) is 0 Å². The van der Waals surface area contributed by atoms with Gasteiger partial charge in [-0.1, -0.05) is 40.0 Å². The number of hydrogen-bond donors (Lipinski definition) is 1. The van der Waals surface area contributed by atoms with E-state index in [9.17, 15) is 0 Å². The van der Waals surface area contributed by atoms with Crippen LogP contribution >= 0.6 is 0 Å². The van der Waals surface area contributed by atoms with Crippen LogP contribution in [0.25, 0.3) is 0 Å². The van der Waals surface area contributed by atoms with Gasteiger partial charge in [0, 0.05) is 18.6 Å². The van der Waals surface area contributed by atoms with Crippen LogP contribution in [0.15, 0.2) is 0 Å². The molecule has 1 saturated carbocycles. The average Bonchev–Trinajstić information content (AvgIpc) is 2.47. The van der Waals surface area contributed by atoms with Gasteiger partial charge in [-0.2, -0.15) is 0 Å². The van der Waals surface area contributed by atoms with Crippen LogP contribution in [-0.2, 0) is 0 Å². The van der Waals surface area contributed by atoms with Gasteiger partial charge in [-0.15, -0.1) is 0 Å². The molecule has 0 bridgehead atoms. The molecule has 0 spiro atoms. The molecule has 0 amide bonds. The second kappa shape index (κ2) is 6.58. The van der Waals surface area contributed by atoms with E-state index in [1.807, 2.05) is 0 Å². The lowest BCUT2D eigenvalue weighted by Crippen LogP contribution is -2.63. The molecule has 2 N–H and O–H groups in total. The minimum absolute atomic E-state index is 0.320. The molecule has 1 aliphatic carbocycles. The summed E-state index contributed by atoms with van der Waals surface area (Å²) in [5.74, 6) is 2.49. The molecule has 19 heavy (non-hydrogen) atoms. The number of piperidine rings is 1. The molecule has 0 aromatic heterocycles. The molecular formula is C17H34N2. The Hall–Kier alpha value is -0.0800. The highest BCUT2D eigenvalue weighted by Crippen LogP contribution is 2.43. The standard InChI is InChI=1S/C17H34N2/c1-4-15-8-7-11-19(12-15)17(13-18)10-6-5-9-16(17)14(2)3/h14-16H,4-13,18H2,1-3H3. The van der Waals surface area contributed by atoms with E-state index in [1.54, 1.807) is 0 Å². The molecule has 2 nitrogen and oxygen atoms in total. The molecule has 0 radical (unpaired) electrons. The highest BCUT2D eigenvalue weighted by Gasteiger charge is 2.46. The molecule has 0 aromatic rings. The topological polar surface area (TPSA) is 29.3 Å². The summed E-state index contributed by atoms with van der Waals surface area (Å²) >= 11 is 0. The van der Waals surface area contributed by atoms with Gasteiger partial charge in [0.1, 0.15) is 0 Å². The van der Waals surface area contributed by atoms with Crippen LogP contribution in [0.3, 0.4) is 0 Å². The van der Waals surface area contributed by atoms with Crippen molar-refractivity contribution < 1.29 is 0 Å². The van der Waals surface area contributed by atoms with Crippen molar-refractivity contribution >= 4 is 0 Å². The van der Waals surface area contributed by atoms with Gasteiger partial charge in [-0.25, -0.2) is 0 Å². The van der Waals surface area contributed by atoms with Crippen LogP contribution < -0.4 is 5.73 Å². The quantitative estimate of drug-likeness (QED) is 0.841. The van der Waals surface area contributed by atoms with Crippen molar-refractivity contribution in [1.82, 2.24) is 4.90 Å². The third-order valence-corrected chi connectivity index (χ3v) is 5.95. The number of nitrogens with zero attached hydrogens (tertiary/aromatic N) is 1. The molecule has 1 heterocycles. The van der Waals surface area contributed by atoms with Gasteiger partial charge >= 0.3 is 0 Å². The van der Waals surface area contributed by atoms with Crippen LogP contribution in [0.2, 0.25) is 0 Å². The molecule has 0 aromatic carbocycles. The maximum Gasteiger partial charge on any atom is 0.0362 e. The summed E-state index contributed by atoms with van der Waals surface area (Å²) in [6.45, 7) is 10.6. The first-order valence-electron chi connectivity index (χ1n) is 8.59. The minimum Gasteiger partial charge on any atom is -0.329 e. The molecule has 3 unspecified atom stereocenters. The molecule has 1 aliphatic heterocycles. The largest absolute Gasteiger partial charge is 0.329 e. The van der Waals surface area contributed by atoms with Crippen LogP contribution in [0, 0.1) is 17.8 Å². The van der Waals surface area contributed by atoms with Crippen molar-refractivity contribution in [3.05, 3.63) is 0 Å². The zero-order chi connectivity index (χ0) is 13.9. The maximum atomic E-state index is 6.34. The summed E-state index contributed by atoms with van der Waals surface area (Å²) < 4.78 is 0. The van der Waals surface area contributed by atoms with Crippen molar-refractivity contribution in [3.63, 3.8) is 0 Å². The number of hydrogen-bond acceptors (Lipinski definition) is 2. The molecule has 2 aliphatic rings. The van der Waals surface area contributed by atoms with Crippen LogP contribution in [-0.4, -0.2) is 30.1 Å². The Labute approximate surface area is 120 Å². The summed E-state index contributed by atoms with van der Waals surface area (Å²) in [6, 6.07) is 0. The van der Waals surface area contributed by atoms with E-state index >= 15 is 0 Å². The van der Waals surface area contributed by atoms with Crippen molar-refractivity contribution in [2.45, 2.75) is 71.3 Å². The molecular weight excluding hydrogens is 232 g/mol. The lowest BCUT2D eigenvalue weighted by Gasteiger charge is -2.55. The SMILES string of the molecule is CCC1CCCN(C2(CN)CCCCC2C(C)C)C1. The molecule has 112 valence electrons. The third-order valence-electron chi connectivity index (χ3n) is 5.95. The fourth-order valence-electron chi connectivity index (χ4n) is 4.78. The monoisotopic (exact) mass is 266 g/mol. The van der Waals surface area contributed by atoms with E-state index in [0.717, 1.165) is 24.3 Å². The number of likely N-dealkylation sites (tertiary alicyclic amines) is 1. The van der Waals surface area contributed by atoms with E-state index in [4.69, 9.17) is 5.73 Å². The predicted octanol–water partition coefficient (Wildman–Crippen LogP) is 3.65. The Morgan fingerprint density at radius 1 is 1.21 bits per heavy atom. The van der Waals surface area contributed by atoms with Crippen molar-refractivity contribution in [3.8, 4) is 0 Å². The van der Waals surface area contributed by atoms with E-state index in [2.05, 4.69) is 25.7 Å². The van der Waals surface area contributed by atoms with E-state index in [0.29, 0.717) is 5.54 Å². The Morgan fingerprint density at radius 3 is 2.63 bits per heavy atom. The maximum absolute atomic E-state index is 6.34. The predicted molar refractivity (Wildman–Crippen MR) is 83.2 cm³/mol. The Morgan fingerprint density at radius 2 is 2.00 bits per heavy atom. The minimum atomic E-state index is 0.320. The molecule has 2 fully saturated rings. The van der Waals surface area contributed by atoms with E-state index < -0.39 is 0 Å². The van der Waals surface area contributed by atoms with Crippen LogP contribution in [0.1, 0.15) is 65.7 Å². The average molecular weight is 266 g/mol. The van der Waals surface area contributed by atoms with Gasteiger partial charge in [0.15, 0.2) is 0 Å². The fraction of sp³-hybridized carbons (Fsp3) is 1.00. The van der Waals surface area contributed by atoms with Crippen LogP contribution in [0.4, 0.5) is 0 Å². The first-order chi connectivity index (χ1) is 9.14. The molecule has 2 rings (SSSR count). The second-order valence-corrected chi connectivity index (χ2v) is 7.27. The smallest absolute Gasteiger partial charge is 0.0362 e. The number of rotatable bonds is 4. The normalized spacial score (nSPS) is 37.7. The van der Waals surface area contributed by atoms with Gasteiger partial charge in [0.25, 0.3) is 0 Å². The lowest BCUT2D eigenvalue weighted by atomic mass is 9.66. The van der Waals surface area contributed by atoms with E-state index in [-0.39, 0.29) is 0 Å². The Balaban J connectivity index is 2.18. The first kappa shape index (κ1) is 15.3.